The maximum absolute atomic E-state index is 13.3. The fourth-order valence-corrected chi connectivity index (χ4v) is 4.48. The van der Waals surface area contributed by atoms with Crippen molar-refractivity contribution in [2.24, 2.45) is 0 Å². The quantitative estimate of drug-likeness (QED) is 0.774. The molecular weight excluding hydrogens is 373 g/mol. The Labute approximate surface area is 157 Å². The van der Waals surface area contributed by atoms with Crippen molar-refractivity contribution in [3.05, 3.63) is 54.2 Å². The minimum Gasteiger partial charge on any atom is -0.463 e. The monoisotopic (exact) mass is 396 g/mol. The molecule has 1 aliphatic heterocycles. The molecule has 27 heavy (non-hydrogen) atoms. The number of rotatable bonds is 6. The van der Waals surface area contributed by atoms with Gasteiger partial charge in [0.1, 0.15) is 11.9 Å². The van der Waals surface area contributed by atoms with Gasteiger partial charge in [0.05, 0.1) is 11.2 Å². The van der Waals surface area contributed by atoms with Crippen LogP contribution in [0.4, 0.5) is 4.39 Å². The van der Waals surface area contributed by atoms with Crippen LogP contribution in [0, 0.1) is 5.82 Å². The minimum absolute atomic E-state index is 0.0265. The summed E-state index contributed by atoms with van der Waals surface area (Å²) in [6.45, 7) is 3.23. The number of quaternary nitrogens is 1. The van der Waals surface area contributed by atoms with Gasteiger partial charge >= 0.3 is 0 Å². The van der Waals surface area contributed by atoms with Crippen LogP contribution in [0.5, 0.6) is 0 Å². The third-order valence-electron chi connectivity index (χ3n) is 4.66. The molecule has 3 rings (SSSR count). The number of halogens is 1. The Hall–Kier alpha value is -2.23. The summed E-state index contributed by atoms with van der Waals surface area (Å²) < 4.78 is 45.2. The van der Waals surface area contributed by atoms with Crippen molar-refractivity contribution in [3.63, 3.8) is 0 Å². The Morgan fingerprint density at radius 3 is 2.59 bits per heavy atom. The normalized spacial score (nSPS) is 17.0. The summed E-state index contributed by atoms with van der Waals surface area (Å²) in [7, 11) is -3.75. The van der Waals surface area contributed by atoms with Crippen LogP contribution >= 0.6 is 0 Å². The van der Waals surface area contributed by atoms with Gasteiger partial charge in [0.15, 0.2) is 12.3 Å². The van der Waals surface area contributed by atoms with Crippen LogP contribution < -0.4 is 5.32 Å². The van der Waals surface area contributed by atoms with Crippen LogP contribution in [0.3, 0.4) is 0 Å². The molecule has 0 aliphatic carbocycles. The van der Waals surface area contributed by atoms with Crippen LogP contribution in [-0.2, 0) is 14.8 Å². The summed E-state index contributed by atoms with van der Waals surface area (Å²) in [5.74, 6) is 0.163. The molecule has 0 saturated carbocycles. The van der Waals surface area contributed by atoms with Crippen molar-refractivity contribution in [3.8, 4) is 0 Å². The van der Waals surface area contributed by atoms with Gasteiger partial charge in [-0.15, -0.1) is 0 Å². The Bertz CT molecular complexity index is 878. The molecule has 1 amide bonds. The molecule has 0 radical (unpaired) electrons. The number of furan rings is 1. The summed E-state index contributed by atoms with van der Waals surface area (Å²) in [5.41, 5.74) is 0. The van der Waals surface area contributed by atoms with Crippen molar-refractivity contribution < 1.29 is 27.3 Å². The fraction of sp³-hybridized carbons (Fsp3) is 0.389. The molecule has 1 aromatic carbocycles. The van der Waals surface area contributed by atoms with E-state index in [-0.39, 0.29) is 36.5 Å². The van der Waals surface area contributed by atoms with E-state index in [2.05, 4.69) is 0 Å². The van der Waals surface area contributed by atoms with Crippen LogP contribution in [0.1, 0.15) is 18.7 Å². The highest BCUT2D eigenvalue weighted by atomic mass is 32.2. The molecule has 2 heterocycles. The number of nitrogens with zero attached hydrogens (tertiary/aromatic N) is 2. The summed E-state index contributed by atoms with van der Waals surface area (Å²) in [6, 6.07) is 8.66. The van der Waals surface area contributed by atoms with Crippen LogP contribution in [0.2, 0.25) is 0 Å². The van der Waals surface area contributed by atoms with Crippen LogP contribution in [-0.4, -0.2) is 56.3 Å². The van der Waals surface area contributed by atoms with Gasteiger partial charge in [0, 0.05) is 26.2 Å². The number of amides is 1. The lowest BCUT2D eigenvalue weighted by Crippen LogP contribution is -2.87. The van der Waals surface area contributed by atoms with E-state index in [1.807, 2.05) is 18.3 Å². The summed E-state index contributed by atoms with van der Waals surface area (Å²) in [5, 5.41) is 1.89. The van der Waals surface area contributed by atoms with E-state index in [9.17, 15) is 17.6 Å². The van der Waals surface area contributed by atoms with E-state index in [0.717, 1.165) is 11.8 Å². The Balaban J connectivity index is 1.53. The van der Waals surface area contributed by atoms with E-state index in [1.165, 1.54) is 22.5 Å². The zero-order chi connectivity index (χ0) is 19.4. The van der Waals surface area contributed by atoms with Gasteiger partial charge in [0.2, 0.25) is 10.0 Å². The van der Waals surface area contributed by atoms with E-state index in [4.69, 9.17) is 4.42 Å². The van der Waals surface area contributed by atoms with Gasteiger partial charge < -0.3 is 14.6 Å². The molecule has 0 spiro atoms. The van der Waals surface area contributed by atoms with Crippen LogP contribution in [0.15, 0.2) is 52.0 Å². The zero-order valence-corrected chi connectivity index (χ0v) is 15.9. The molecule has 7 nitrogen and oxygen atoms in total. The highest BCUT2D eigenvalue weighted by Crippen LogP contribution is 2.18. The Morgan fingerprint density at radius 2 is 1.96 bits per heavy atom. The van der Waals surface area contributed by atoms with Gasteiger partial charge in [-0.05, 0) is 37.3 Å². The molecule has 0 bridgehead atoms. The molecule has 1 atom stereocenters. The largest absolute Gasteiger partial charge is 0.463 e. The number of carbonyl (C=O) groups excluding carboxylic acids is 1. The number of carbonyl (C=O) groups is 1. The lowest BCUT2D eigenvalue weighted by atomic mass is 10.2. The maximum atomic E-state index is 13.3. The lowest BCUT2D eigenvalue weighted by molar-refractivity contribution is -0.685. The van der Waals surface area contributed by atoms with Gasteiger partial charge in [-0.3, -0.25) is 4.79 Å². The molecule has 146 valence electrons. The standard InChI is InChI=1S/C18H22FN3O4S/c1-14(17-6-3-11-26-17)20-13-18(23)21-7-9-22(10-8-21)27(24,25)16-5-2-4-15(19)12-16/h2-6,11-12,14,20H,7-10,13H2,1H3/p+1/t14-/m0/s1. The highest BCUT2D eigenvalue weighted by molar-refractivity contribution is 7.89. The predicted octanol–water partition coefficient (Wildman–Crippen LogP) is 0.576. The topological polar surface area (TPSA) is 87.4 Å². The number of benzene rings is 1. The number of nitrogens with two attached hydrogens (primary N) is 1. The SMILES string of the molecule is C[C@H]([NH2+]CC(=O)N1CCN(S(=O)(=O)c2cccc(F)c2)CC1)c1ccco1. The second-order valence-electron chi connectivity index (χ2n) is 6.49. The molecule has 0 unspecified atom stereocenters. The summed E-state index contributed by atoms with van der Waals surface area (Å²) in [6.07, 6.45) is 1.60. The average molecular weight is 396 g/mol. The minimum atomic E-state index is -3.75. The maximum Gasteiger partial charge on any atom is 0.277 e. The molecular formula is C18H23FN3O4S+. The number of hydrogen-bond donors (Lipinski definition) is 1. The third-order valence-corrected chi connectivity index (χ3v) is 6.56. The van der Waals surface area contributed by atoms with Gasteiger partial charge in [0.25, 0.3) is 5.91 Å². The zero-order valence-electron chi connectivity index (χ0n) is 15.0. The summed E-state index contributed by atoms with van der Waals surface area (Å²) in [4.78, 5) is 14.0. The molecule has 1 saturated heterocycles. The lowest BCUT2D eigenvalue weighted by Gasteiger charge is -2.33. The smallest absolute Gasteiger partial charge is 0.277 e. The van der Waals surface area contributed by atoms with Crippen molar-refractivity contribution in [2.45, 2.75) is 17.9 Å². The number of piperazine rings is 1. The van der Waals surface area contributed by atoms with Gasteiger partial charge in [-0.25, -0.2) is 12.8 Å². The van der Waals surface area contributed by atoms with E-state index in [1.54, 1.807) is 17.2 Å². The van der Waals surface area contributed by atoms with Crippen LogP contribution in [0.25, 0.3) is 0 Å². The van der Waals surface area contributed by atoms with E-state index >= 15 is 0 Å². The van der Waals surface area contributed by atoms with Crippen molar-refractivity contribution in [1.82, 2.24) is 9.21 Å². The molecule has 2 N–H and O–H groups in total. The third kappa shape index (κ3) is 4.55. The van der Waals surface area contributed by atoms with Gasteiger partial charge in [-0.1, -0.05) is 6.07 Å². The number of hydrogen-bond acceptors (Lipinski definition) is 4. The molecule has 1 aromatic heterocycles. The van der Waals surface area contributed by atoms with Gasteiger partial charge in [-0.2, -0.15) is 4.31 Å². The fourth-order valence-electron chi connectivity index (χ4n) is 3.03. The molecule has 1 aliphatic rings. The molecule has 1 fully saturated rings. The Kier molecular flexibility index (Phi) is 5.93. The van der Waals surface area contributed by atoms with E-state index in [0.29, 0.717) is 13.1 Å². The van der Waals surface area contributed by atoms with Crippen molar-refractivity contribution >= 4 is 15.9 Å². The summed E-state index contributed by atoms with van der Waals surface area (Å²) >= 11 is 0. The first-order valence-electron chi connectivity index (χ1n) is 8.78. The second kappa shape index (κ2) is 8.20. The second-order valence-corrected chi connectivity index (χ2v) is 8.42. The first-order valence-corrected chi connectivity index (χ1v) is 10.2. The molecule has 2 aromatic rings. The highest BCUT2D eigenvalue weighted by Gasteiger charge is 2.30. The first kappa shape index (κ1) is 19.5. The number of sulfonamides is 1. The molecule has 9 heteroatoms. The van der Waals surface area contributed by atoms with Crippen molar-refractivity contribution in [2.75, 3.05) is 32.7 Å². The Morgan fingerprint density at radius 1 is 1.22 bits per heavy atom. The van der Waals surface area contributed by atoms with E-state index < -0.39 is 15.8 Å². The predicted molar refractivity (Wildman–Crippen MR) is 95.7 cm³/mol. The first-order chi connectivity index (χ1) is 12.9. The average Bonchev–Trinajstić information content (AvgIpc) is 3.21. The van der Waals surface area contributed by atoms with Crippen molar-refractivity contribution in [1.29, 1.82) is 0 Å².